The number of hydrogen-bond acceptors (Lipinski definition) is 4. The number of fused-ring (bicyclic) bond motifs is 1. The smallest absolute Gasteiger partial charge is 0.259 e. The normalized spacial score (nSPS) is 15.2. The number of rotatable bonds is 5. The van der Waals surface area contributed by atoms with E-state index in [2.05, 4.69) is 19.3 Å². The van der Waals surface area contributed by atoms with Crippen molar-refractivity contribution >= 4 is 10.0 Å². The van der Waals surface area contributed by atoms with Crippen molar-refractivity contribution in [2.45, 2.75) is 57.3 Å². The van der Waals surface area contributed by atoms with Crippen LogP contribution in [0.5, 0.6) is 0 Å². The van der Waals surface area contributed by atoms with Crippen molar-refractivity contribution in [3.05, 3.63) is 30.2 Å². The summed E-state index contributed by atoms with van der Waals surface area (Å²) < 4.78 is 31.0. The van der Waals surface area contributed by atoms with E-state index in [-0.39, 0.29) is 17.6 Å². The van der Waals surface area contributed by atoms with Gasteiger partial charge in [-0.15, -0.1) is 0 Å². The highest BCUT2D eigenvalue weighted by Gasteiger charge is 2.19. The summed E-state index contributed by atoms with van der Waals surface area (Å²) in [6.45, 7) is 5.10. The lowest BCUT2D eigenvalue weighted by atomic mass is 10.2. The minimum Gasteiger partial charge on any atom is -0.335 e. The first-order valence-electron chi connectivity index (χ1n) is 7.54. The predicted octanol–water partition coefficient (Wildman–Crippen LogP) is 1.48. The van der Waals surface area contributed by atoms with E-state index in [4.69, 9.17) is 0 Å². The van der Waals surface area contributed by atoms with Crippen LogP contribution in [0.2, 0.25) is 0 Å². The molecule has 0 saturated carbocycles. The average molecular weight is 323 g/mol. The Morgan fingerprint density at radius 1 is 1.32 bits per heavy atom. The Hall–Kier alpha value is -1.67. The second-order valence-corrected chi connectivity index (χ2v) is 7.59. The molecule has 0 aliphatic carbocycles. The van der Waals surface area contributed by atoms with Crippen molar-refractivity contribution < 1.29 is 8.42 Å². The SMILES string of the molecule is CC(C)n1cnc(S(=O)(=O)NCc2cn3c(n2)CCCC3)c1. The zero-order valence-electron chi connectivity index (χ0n) is 12.9. The minimum atomic E-state index is -3.60. The summed E-state index contributed by atoms with van der Waals surface area (Å²) in [5.41, 5.74) is 0.753. The first kappa shape index (κ1) is 15.2. The van der Waals surface area contributed by atoms with Gasteiger partial charge in [0.05, 0.1) is 18.6 Å². The van der Waals surface area contributed by atoms with Crippen LogP contribution in [0.15, 0.2) is 23.7 Å². The van der Waals surface area contributed by atoms with Gasteiger partial charge in [0.25, 0.3) is 10.0 Å². The van der Waals surface area contributed by atoms with Crippen molar-refractivity contribution in [3.8, 4) is 0 Å². The van der Waals surface area contributed by atoms with Crippen molar-refractivity contribution in [2.75, 3.05) is 0 Å². The highest BCUT2D eigenvalue weighted by molar-refractivity contribution is 7.89. The van der Waals surface area contributed by atoms with E-state index in [1.807, 2.05) is 20.0 Å². The summed E-state index contributed by atoms with van der Waals surface area (Å²) in [7, 11) is -3.60. The summed E-state index contributed by atoms with van der Waals surface area (Å²) in [5, 5.41) is 0.0465. The lowest BCUT2D eigenvalue weighted by Gasteiger charge is -2.11. The van der Waals surface area contributed by atoms with E-state index in [0.717, 1.165) is 37.3 Å². The third-order valence-electron chi connectivity index (χ3n) is 3.85. The molecule has 0 fully saturated rings. The van der Waals surface area contributed by atoms with Gasteiger partial charge in [-0.3, -0.25) is 0 Å². The second kappa shape index (κ2) is 5.85. The molecule has 1 N–H and O–H groups in total. The van der Waals surface area contributed by atoms with Crippen LogP contribution in [0, 0.1) is 0 Å². The van der Waals surface area contributed by atoms with Gasteiger partial charge in [0.15, 0.2) is 5.03 Å². The third kappa shape index (κ3) is 3.07. The highest BCUT2D eigenvalue weighted by Crippen LogP contribution is 2.15. The molecule has 0 unspecified atom stereocenters. The molecule has 2 aromatic heterocycles. The summed E-state index contributed by atoms with van der Waals surface area (Å²) in [5.74, 6) is 1.05. The Balaban J connectivity index is 1.70. The molecular weight excluding hydrogens is 302 g/mol. The van der Waals surface area contributed by atoms with Gasteiger partial charge >= 0.3 is 0 Å². The number of aryl methyl sites for hydroxylation is 2. The first-order valence-corrected chi connectivity index (χ1v) is 9.02. The Morgan fingerprint density at radius 2 is 2.14 bits per heavy atom. The molecule has 120 valence electrons. The topological polar surface area (TPSA) is 81.8 Å². The molecule has 0 aromatic carbocycles. The molecule has 0 atom stereocenters. The van der Waals surface area contributed by atoms with Gasteiger partial charge in [-0.05, 0) is 26.7 Å². The molecule has 3 rings (SSSR count). The molecule has 1 aliphatic rings. The van der Waals surface area contributed by atoms with Gasteiger partial charge in [-0.25, -0.2) is 23.1 Å². The van der Waals surface area contributed by atoms with E-state index in [1.165, 1.54) is 6.33 Å². The fraction of sp³-hybridized carbons (Fsp3) is 0.571. The van der Waals surface area contributed by atoms with Crippen LogP contribution in [0.3, 0.4) is 0 Å². The Morgan fingerprint density at radius 3 is 2.82 bits per heavy atom. The lowest BCUT2D eigenvalue weighted by Crippen LogP contribution is -2.23. The summed E-state index contributed by atoms with van der Waals surface area (Å²) in [4.78, 5) is 8.46. The lowest BCUT2D eigenvalue weighted by molar-refractivity contribution is 0.522. The van der Waals surface area contributed by atoms with Crippen LogP contribution < -0.4 is 4.72 Å². The van der Waals surface area contributed by atoms with Crippen molar-refractivity contribution in [1.82, 2.24) is 23.8 Å². The van der Waals surface area contributed by atoms with Gasteiger partial charge in [0.1, 0.15) is 5.82 Å². The van der Waals surface area contributed by atoms with E-state index in [0.29, 0.717) is 0 Å². The molecule has 0 spiro atoms. The summed E-state index contributed by atoms with van der Waals surface area (Å²) >= 11 is 0. The van der Waals surface area contributed by atoms with E-state index in [1.54, 1.807) is 10.8 Å². The number of sulfonamides is 1. The van der Waals surface area contributed by atoms with Gasteiger partial charge < -0.3 is 9.13 Å². The average Bonchev–Trinajstić information content (AvgIpc) is 3.12. The van der Waals surface area contributed by atoms with Gasteiger partial charge in [-0.1, -0.05) is 0 Å². The van der Waals surface area contributed by atoms with Crippen molar-refractivity contribution in [3.63, 3.8) is 0 Å². The van der Waals surface area contributed by atoms with Crippen LogP contribution in [-0.2, 0) is 29.5 Å². The number of imidazole rings is 2. The number of aromatic nitrogens is 4. The van der Waals surface area contributed by atoms with Crippen molar-refractivity contribution in [1.29, 1.82) is 0 Å². The molecule has 7 nitrogen and oxygen atoms in total. The first-order chi connectivity index (χ1) is 10.5. The van der Waals surface area contributed by atoms with Crippen LogP contribution in [0.25, 0.3) is 0 Å². The molecule has 1 aliphatic heterocycles. The second-order valence-electron chi connectivity index (χ2n) is 5.88. The maximum atomic E-state index is 12.3. The predicted molar refractivity (Wildman–Crippen MR) is 81.8 cm³/mol. The highest BCUT2D eigenvalue weighted by atomic mass is 32.2. The maximum absolute atomic E-state index is 12.3. The van der Waals surface area contributed by atoms with E-state index < -0.39 is 10.0 Å². The molecule has 22 heavy (non-hydrogen) atoms. The summed E-state index contributed by atoms with van der Waals surface area (Å²) in [6, 6.07) is 0.177. The van der Waals surface area contributed by atoms with E-state index >= 15 is 0 Å². The molecule has 0 saturated heterocycles. The molecule has 8 heteroatoms. The zero-order valence-corrected chi connectivity index (χ0v) is 13.7. The number of hydrogen-bond donors (Lipinski definition) is 1. The number of nitrogens with one attached hydrogen (secondary N) is 1. The third-order valence-corrected chi connectivity index (χ3v) is 5.14. The maximum Gasteiger partial charge on any atom is 0.259 e. The van der Waals surface area contributed by atoms with E-state index in [9.17, 15) is 8.42 Å². The zero-order chi connectivity index (χ0) is 15.7. The van der Waals surface area contributed by atoms with Gasteiger partial charge in [0.2, 0.25) is 0 Å². The van der Waals surface area contributed by atoms with Crippen LogP contribution in [-0.4, -0.2) is 27.5 Å². The van der Waals surface area contributed by atoms with Crippen molar-refractivity contribution in [2.24, 2.45) is 0 Å². The molecule has 2 aromatic rings. The monoisotopic (exact) mass is 323 g/mol. The fourth-order valence-corrected chi connectivity index (χ4v) is 3.47. The van der Waals surface area contributed by atoms with Gasteiger partial charge in [0, 0.05) is 31.4 Å². The number of nitrogens with zero attached hydrogens (tertiary/aromatic N) is 4. The largest absolute Gasteiger partial charge is 0.335 e. The quantitative estimate of drug-likeness (QED) is 0.903. The van der Waals surface area contributed by atoms with Crippen LogP contribution in [0.1, 0.15) is 44.2 Å². The standard InChI is InChI=1S/C14H21N5O2S/c1-11(2)19-9-14(15-10-19)22(20,21)16-7-12-8-18-6-4-3-5-13(18)17-12/h8-11,16H,3-7H2,1-2H3. The van der Waals surface area contributed by atoms with Crippen LogP contribution in [0.4, 0.5) is 0 Å². The Labute approximate surface area is 130 Å². The molecule has 0 bridgehead atoms. The fourth-order valence-electron chi connectivity index (χ4n) is 2.54. The minimum absolute atomic E-state index is 0.0465. The summed E-state index contributed by atoms with van der Waals surface area (Å²) in [6.07, 6.45) is 8.28. The Kier molecular flexibility index (Phi) is 4.05. The van der Waals surface area contributed by atoms with Crippen LogP contribution >= 0.6 is 0 Å². The molecule has 0 radical (unpaired) electrons. The molecular formula is C14H21N5O2S. The van der Waals surface area contributed by atoms with Gasteiger partial charge in [-0.2, -0.15) is 0 Å². The molecule has 3 heterocycles. The Bertz CT molecular complexity index is 737. The molecule has 0 amide bonds.